The van der Waals surface area contributed by atoms with E-state index in [4.69, 9.17) is 16.3 Å². The number of urea groups is 1. The maximum absolute atomic E-state index is 13.3. The number of anilines is 1. The number of likely N-dealkylation sites (N-methyl/N-ethyl adjacent to an activating group) is 1. The zero-order valence-electron chi connectivity index (χ0n) is 18.0. The molecule has 1 atom stereocenters. The number of likely N-dealkylation sites (tertiary alicyclic amines) is 1. The van der Waals surface area contributed by atoms with Gasteiger partial charge >= 0.3 is 6.03 Å². The summed E-state index contributed by atoms with van der Waals surface area (Å²) >= 11 is 6.22. The maximum Gasteiger partial charge on any atom is 0.321 e. The second-order valence-electron chi connectivity index (χ2n) is 7.94. The van der Waals surface area contributed by atoms with Crippen LogP contribution in [0.25, 0.3) is 0 Å². The van der Waals surface area contributed by atoms with Crippen LogP contribution in [0, 0.1) is 5.82 Å². The van der Waals surface area contributed by atoms with Crippen molar-refractivity contribution in [3.63, 3.8) is 0 Å². The molecule has 3 aromatic carbocycles. The summed E-state index contributed by atoms with van der Waals surface area (Å²) in [6.07, 6.45) is 0. The molecule has 0 aliphatic carbocycles. The van der Waals surface area contributed by atoms with Gasteiger partial charge in [0, 0.05) is 41.9 Å². The van der Waals surface area contributed by atoms with Gasteiger partial charge in [-0.1, -0.05) is 41.9 Å². The number of hydrogen-bond donors (Lipinski definition) is 1. The van der Waals surface area contributed by atoms with E-state index in [0.29, 0.717) is 29.5 Å². The van der Waals surface area contributed by atoms with Crippen LogP contribution in [0.1, 0.15) is 18.5 Å². The fraction of sp³-hybridized carbons (Fsp3) is 0.240. The lowest BCUT2D eigenvalue weighted by Crippen LogP contribution is -2.61. The van der Waals surface area contributed by atoms with Crippen LogP contribution in [0.2, 0.25) is 5.02 Å². The molecule has 1 aliphatic rings. The SMILES string of the molecule is CC(c1ccc(F)cc1Cl)N(C)C1CN(C(=O)Nc2cccc(Oc3ccccc3)c2)C1. The van der Waals surface area contributed by atoms with Crippen molar-refractivity contribution in [3.8, 4) is 11.5 Å². The summed E-state index contributed by atoms with van der Waals surface area (Å²) in [5, 5.41) is 3.34. The monoisotopic (exact) mass is 453 g/mol. The molecule has 166 valence electrons. The lowest BCUT2D eigenvalue weighted by molar-refractivity contribution is 0.0559. The second-order valence-corrected chi connectivity index (χ2v) is 8.35. The first-order valence-corrected chi connectivity index (χ1v) is 10.8. The topological polar surface area (TPSA) is 44.8 Å². The molecule has 32 heavy (non-hydrogen) atoms. The molecule has 0 spiro atoms. The largest absolute Gasteiger partial charge is 0.457 e. The highest BCUT2D eigenvalue weighted by Crippen LogP contribution is 2.31. The third-order valence-electron chi connectivity index (χ3n) is 5.81. The number of benzene rings is 3. The van der Waals surface area contributed by atoms with E-state index in [1.807, 2.05) is 62.5 Å². The number of nitrogens with one attached hydrogen (secondary N) is 1. The number of para-hydroxylation sites is 1. The molecule has 1 fully saturated rings. The van der Waals surface area contributed by atoms with E-state index in [0.717, 1.165) is 11.3 Å². The molecule has 0 bridgehead atoms. The number of rotatable bonds is 6. The van der Waals surface area contributed by atoms with E-state index in [9.17, 15) is 9.18 Å². The third-order valence-corrected chi connectivity index (χ3v) is 6.14. The number of nitrogens with zero attached hydrogens (tertiary/aromatic N) is 2. The fourth-order valence-electron chi connectivity index (χ4n) is 3.72. The summed E-state index contributed by atoms with van der Waals surface area (Å²) in [5.74, 6) is 1.04. The molecule has 0 aromatic heterocycles. The number of carbonyl (C=O) groups is 1. The van der Waals surface area contributed by atoms with Crippen LogP contribution < -0.4 is 10.1 Å². The zero-order valence-corrected chi connectivity index (χ0v) is 18.7. The lowest BCUT2D eigenvalue weighted by Gasteiger charge is -2.46. The van der Waals surface area contributed by atoms with Gasteiger partial charge in [0.05, 0.1) is 0 Å². The molecule has 5 nitrogen and oxygen atoms in total. The second kappa shape index (κ2) is 9.59. The first-order valence-electron chi connectivity index (χ1n) is 10.5. The minimum Gasteiger partial charge on any atom is -0.457 e. The zero-order chi connectivity index (χ0) is 22.7. The molecule has 1 heterocycles. The summed E-state index contributed by atoms with van der Waals surface area (Å²) in [6, 6.07) is 21.3. The Bertz CT molecular complexity index is 1090. The molecule has 2 amide bonds. The van der Waals surface area contributed by atoms with Crippen molar-refractivity contribution in [1.82, 2.24) is 9.80 Å². The summed E-state index contributed by atoms with van der Waals surface area (Å²) in [7, 11) is 1.99. The van der Waals surface area contributed by atoms with Gasteiger partial charge in [0.2, 0.25) is 0 Å². The van der Waals surface area contributed by atoms with Crippen molar-refractivity contribution in [2.45, 2.75) is 19.0 Å². The van der Waals surface area contributed by atoms with E-state index in [1.165, 1.54) is 12.1 Å². The Kier molecular flexibility index (Phi) is 6.63. The maximum atomic E-state index is 13.3. The van der Waals surface area contributed by atoms with Crippen LogP contribution in [-0.2, 0) is 0 Å². The van der Waals surface area contributed by atoms with Crippen LogP contribution in [0.4, 0.5) is 14.9 Å². The fourth-order valence-corrected chi connectivity index (χ4v) is 4.04. The predicted molar refractivity (Wildman–Crippen MR) is 125 cm³/mol. The van der Waals surface area contributed by atoms with Gasteiger partial charge in [0.1, 0.15) is 17.3 Å². The molecule has 7 heteroatoms. The predicted octanol–water partition coefficient (Wildman–Crippen LogP) is 6.18. The minimum atomic E-state index is -0.349. The van der Waals surface area contributed by atoms with E-state index >= 15 is 0 Å². The molecule has 4 rings (SSSR count). The number of halogens is 2. The summed E-state index contributed by atoms with van der Waals surface area (Å²) in [4.78, 5) is 16.6. The molecular formula is C25H25ClFN3O2. The van der Waals surface area contributed by atoms with Crippen molar-refractivity contribution in [1.29, 1.82) is 0 Å². The number of ether oxygens (including phenoxy) is 1. The highest BCUT2D eigenvalue weighted by molar-refractivity contribution is 6.31. The first kappa shape index (κ1) is 22.1. The molecule has 1 aliphatic heterocycles. The van der Waals surface area contributed by atoms with Crippen molar-refractivity contribution in [3.05, 3.63) is 89.2 Å². The quantitative estimate of drug-likeness (QED) is 0.484. The minimum absolute atomic E-state index is 0.00475. The van der Waals surface area contributed by atoms with Gasteiger partial charge < -0.3 is 15.0 Å². The van der Waals surface area contributed by atoms with E-state index < -0.39 is 0 Å². The molecular weight excluding hydrogens is 429 g/mol. The van der Waals surface area contributed by atoms with Crippen LogP contribution in [-0.4, -0.2) is 42.0 Å². The standard InChI is InChI=1S/C25H25ClFN3O2/c1-17(23-12-11-18(27)13-24(23)26)29(2)20-15-30(16-20)25(31)28-19-7-6-10-22(14-19)32-21-8-4-3-5-9-21/h3-14,17,20H,15-16H2,1-2H3,(H,28,31). The molecule has 3 aromatic rings. The Morgan fingerprint density at radius 2 is 1.81 bits per heavy atom. The number of amides is 2. The van der Waals surface area contributed by atoms with Gasteiger partial charge in [-0.3, -0.25) is 4.90 Å². The summed E-state index contributed by atoms with van der Waals surface area (Å²) < 4.78 is 19.2. The van der Waals surface area contributed by atoms with Gasteiger partial charge in [-0.15, -0.1) is 0 Å². The average molecular weight is 454 g/mol. The Balaban J connectivity index is 1.31. The van der Waals surface area contributed by atoms with Gasteiger partial charge in [0.15, 0.2) is 0 Å². The molecule has 1 unspecified atom stereocenters. The Morgan fingerprint density at radius 3 is 2.53 bits per heavy atom. The van der Waals surface area contributed by atoms with Crippen molar-refractivity contribution in [2.75, 3.05) is 25.5 Å². The normalized spacial score (nSPS) is 14.7. The van der Waals surface area contributed by atoms with Crippen molar-refractivity contribution in [2.24, 2.45) is 0 Å². The molecule has 1 saturated heterocycles. The van der Waals surface area contributed by atoms with Crippen LogP contribution >= 0.6 is 11.6 Å². The molecule has 1 N–H and O–H groups in total. The average Bonchev–Trinajstić information content (AvgIpc) is 2.73. The highest BCUT2D eigenvalue weighted by Gasteiger charge is 2.35. The van der Waals surface area contributed by atoms with E-state index in [-0.39, 0.29) is 23.9 Å². The highest BCUT2D eigenvalue weighted by atomic mass is 35.5. The Labute approximate surface area is 192 Å². The van der Waals surface area contributed by atoms with Gasteiger partial charge in [0.25, 0.3) is 0 Å². The Hall–Kier alpha value is -3.09. The van der Waals surface area contributed by atoms with Crippen LogP contribution in [0.15, 0.2) is 72.8 Å². The number of carbonyl (C=O) groups excluding carboxylic acids is 1. The summed E-state index contributed by atoms with van der Waals surface area (Å²) in [6.45, 7) is 3.23. The van der Waals surface area contributed by atoms with Gasteiger partial charge in [-0.25, -0.2) is 9.18 Å². The van der Waals surface area contributed by atoms with Crippen LogP contribution in [0.3, 0.4) is 0 Å². The smallest absolute Gasteiger partial charge is 0.321 e. The first-order chi connectivity index (χ1) is 15.4. The van der Waals surface area contributed by atoms with Gasteiger partial charge in [-0.2, -0.15) is 0 Å². The lowest BCUT2D eigenvalue weighted by atomic mass is 10.0. The van der Waals surface area contributed by atoms with Crippen LogP contribution in [0.5, 0.6) is 11.5 Å². The third kappa shape index (κ3) is 5.03. The van der Waals surface area contributed by atoms with E-state index in [2.05, 4.69) is 10.2 Å². The number of hydrogen-bond acceptors (Lipinski definition) is 3. The molecule has 0 radical (unpaired) electrons. The van der Waals surface area contributed by atoms with Crippen molar-refractivity contribution < 1.29 is 13.9 Å². The summed E-state index contributed by atoms with van der Waals surface area (Å²) in [5.41, 5.74) is 1.54. The molecule has 0 saturated carbocycles. The van der Waals surface area contributed by atoms with E-state index in [1.54, 1.807) is 17.0 Å². The van der Waals surface area contributed by atoms with Crippen molar-refractivity contribution >= 4 is 23.3 Å². The van der Waals surface area contributed by atoms with Gasteiger partial charge in [-0.05, 0) is 55.9 Å². The Morgan fingerprint density at radius 1 is 1.09 bits per heavy atom.